The summed E-state index contributed by atoms with van der Waals surface area (Å²) in [6.45, 7) is 4.18. The molecule has 0 aliphatic heterocycles. The summed E-state index contributed by atoms with van der Waals surface area (Å²) < 4.78 is 10.4. The lowest BCUT2D eigenvalue weighted by molar-refractivity contribution is -0.149. The minimum absolute atomic E-state index is 0.118. The van der Waals surface area contributed by atoms with Crippen LogP contribution in [0.15, 0.2) is 54.6 Å². The van der Waals surface area contributed by atoms with Crippen LogP contribution in [-0.4, -0.2) is 36.2 Å². The zero-order valence-electron chi connectivity index (χ0n) is 17.1. The van der Waals surface area contributed by atoms with Gasteiger partial charge in [0, 0.05) is 0 Å². The van der Waals surface area contributed by atoms with E-state index in [1.54, 1.807) is 18.2 Å². The molecule has 156 valence electrons. The summed E-state index contributed by atoms with van der Waals surface area (Å²) in [4.78, 5) is 25.1. The molecule has 0 fully saturated rings. The molecule has 2 aromatic rings. The first-order valence-corrected chi connectivity index (χ1v) is 9.71. The van der Waals surface area contributed by atoms with Gasteiger partial charge in [-0.1, -0.05) is 56.3 Å². The number of phenols is 1. The fraction of sp³-hybridized carbons (Fsp3) is 0.391. The van der Waals surface area contributed by atoms with E-state index in [-0.39, 0.29) is 24.7 Å². The highest BCUT2D eigenvalue weighted by Crippen LogP contribution is 2.15. The van der Waals surface area contributed by atoms with Gasteiger partial charge in [0.15, 0.2) is 0 Å². The van der Waals surface area contributed by atoms with E-state index in [1.165, 1.54) is 7.11 Å². The third kappa shape index (κ3) is 7.58. The monoisotopic (exact) mass is 399 g/mol. The summed E-state index contributed by atoms with van der Waals surface area (Å²) in [5, 5.41) is 12.8. The molecule has 2 atom stereocenters. The van der Waals surface area contributed by atoms with E-state index in [2.05, 4.69) is 5.32 Å². The Bertz CT molecular complexity index is 791. The summed E-state index contributed by atoms with van der Waals surface area (Å²) in [6.07, 6.45) is 0.794. The second-order valence-corrected chi connectivity index (χ2v) is 7.39. The molecular formula is C23H29NO5. The van der Waals surface area contributed by atoms with Crippen molar-refractivity contribution in [2.45, 2.75) is 45.4 Å². The summed E-state index contributed by atoms with van der Waals surface area (Å²) in [6, 6.07) is 14.7. The van der Waals surface area contributed by atoms with E-state index < -0.39 is 24.0 Å². The number of methoxy groups -OCH3 is 1. The molecule has 0 radical (unpaired) electrons. The van der Waals surface area contributed by atoms with Crippen LogP contribution in [0.5, 0.6) is 5.75 Å². The van der Waals surface area contributed by atoms with Gasteiger partial charge in [0.05, 0.1) is 7.11 Å². The number of esters is 2. The van der Waals surface area contributed by atoms with Crippen LogP contribution in [0.4, 0.5) is 0 Å². The maximum absolute atomic E-state index is 12.7. The van der Waals surface area contributed by atoms with Crippen LogP contribution in [-0.2, 0) is 32.1 Å². The molecule has 6 nitrogen and oxygen atoms in total. The molecule has 0 aliphatic rings. The van der Waals surface area contributed by atoms with Crippen LogP contribution in [0, 0.1) is 5.92 Å². The van der Waals surface area contributed by atoms with Gasteiger partial charge in [-0.2, -0.15) is 0 Å². The first-order valence-electron chi connectivity index (χ1n) is 9.71. The third-order valence-electron chi connectivity index (χ3n) is 4.45. The number of carbonyl (C=O) groups is 2. The molecule has 0 amide bonds. The van der Waals surface area contributed by atoms with Crippen molar-refractivity contribution >= 4 is 11.9 Å². The zero-order chi connectivity index (χ0) is 21.2. The number of phenolic OH excluding ortho intramolecular Hbond substituents is 1. The molecule has 0 aromatic heterocycles. The fourth-order valence-corrected chi connectivity index (χ4v) is 3.05. The summed E-state index contributed by atoms with van der Waals surface area (Å²) >= 11 is 0. The van der Waals surface area contributed by atoms with Gasteiger partial charge < -0.3 is 14.6 Å². The maximum atomic E-state index is 12.7. The lowest BCUT2D eigenvalue weighted by Gasteiger charge is -2.24. The van der Waals surface area contributed by atoms with Crippen molar-refractivity contribution in [3.05, 3.63) is 65.7 Å². The van der Waals surface area contributed by atoms with Crippen molar-refractivity contribution in [3.8, 4) is 5.75 Å². The molecule has 0 bridgehead atoms. The largest absolute Gasteiger partial charge is 0.508 e. The van der Waals surface area contributed by atoms with E-state index >= 15 is 0 Å². The van der Waals surface area contributed by atoms with E-state index in [1.807, 2.05) is 50.2 Å². The Morgan fingerprint density at radius 3 is 2.28 bits per heavy atom. The number of hydrogen-bond donors (Lipinski definition) is 2. The average molecular weight is 399 g/mol. The molecule has 0 heterocycles. The van der Waals surface area contributed by atoms with E-state index in [4.69, 9.17) is 9.47 Å². The van der Waals surface area contributed by atoms with E-state index in [9.17, 15) is 14.7 Å². The first kappa shape index (κ1) is 22.4. The second kappa shape index (κ2) is 11.2. The molecule has 2 unspecified atom stereocenters. The highest BCUT2D eigenvalue weighted by atomic mass is 16.5. The molecule has 2 N–H and O–H groups in total. The Kier molecular flexibility index (Phi) is 8.68. The van der Waals surface area contributed by atoms with E-state index in [0.717, 1.165) is 11.1 Å². The Labute approximate surface area is 171 Å². The minimum atomic E-state index is -0.741. The van der Waals surface area contributed by atoms with Gasteiger partial charge in [-0.25, -0.2) is 0 Å². The zero-order valence-corrected chi connectivity index (χ0v) is 17.1. The molecule has 0 aliphatic carbocycles. The molecule has 29 heavy (non-hydrogen) atoms. The van der Waals surface area contributed by atoms with Crippen molar-refractivity contribution in [2.24, 2.45) is 5.92 Å². The van der Waals surface area contributed by atoms with Gasteiger partial charge in [-0.05, 0) is 42.0 Å². The number of aromatic hydroxyl groups is 1. The highest BCUT2D eigenvalue weighted by molar-refractivity contribution is 5.80. The lowest BCUT2D eigenvalue weighted by Crippen LogP contribution is -2.49. The molecule has 0 spiro atoms. The smallest absolute Gasteiger partial charge is 0.323 e. The van der Waals surface area contributed by atoms with Gasteiger partial charge in [0.2, 0.25) is 0 Å². The molecule has 2 rings (SSSR count). The van der Waals surface area contributed by atoms with Crippen LogP contribution in [0.1, 0.15) is 31.4 Å². The quantitative estimate of drug-likeness (QED) is 0.597. The second-order valence-electron chi connectivity index (χ2n) is 7.39. The van der Waals surface area contributed by atoms with Crippen LogP contribution in [0.25, 0.3) is 0 Å². The molecule has 6 heteroatoms. The van der Waals surface area contributed by atoms with Crippen molar-refractivity contribution in [1.29, 1.82) is 0 Å². The van der Waals surface area contributed by atoms with Gasteiger partial charge in [-0.15, -0.1) is 0 Å². The number of carbonyl (C=O) groups excluding carboxylic acids is 2. The third-order valence-corrected chi connectivity index (χ3v) is 4.45. The fourth-order valence-electron chi connectivity index (χ4n) is 3.05. The predicted molar refractivity (Wildman–Crippen MR) is 110 cm³/mol. The van der Waals surface area contributed by atoms with Gasteiger partial charge in [0.25, 0.3) is 0 Å². The van der Waals surface area contributed by atoms with Crippen LogP contribution in [0.2, 0.25) is 0 Å². The van der Waals surface area contributed by atoms with Crippen molar-refractivity contribution < 1.29 is 24.2 Å². The van der Waals surface area contributed by atoms with Crippen molar-refractivity contribution in [1.82, 2.24) is 5.32 Å². The Morgan fingerprint density at radius 2 is 1.66 bits per heavy atom. The number of hydrogen-bond acceptors (Lipinski definition) is 6. The standard InChI is InChI=1S/C23H29NO5/c1-16(2)12-20(23(27)29-15-17-8-5-4-6-9-17)24-21(22(26)28-3)14-18-10-7-11-19(25)13-18/h4-11,13,16,20-21,24-25H,12,14-15H2,1-3H3. The Hall–Kier alpha value is -2.86. The molecule has 0 saturated heterocycles. The average Bonchev–Trinajstić information content (AvgIpc) is 2.70. The number of nitrogens with one attached hydrogen (secondary N) is 1. The Balaban J connectivity index is 2.10. The van der Waals surface area contributed by atoms with Gasteiger partial charge in [0.1, 0.15) is 24.4 Å². The summed E-state index contributed by atoms with van der Waals surface area (Å²) in [5.41, 5.74) is 1.65. The van der Waals surface area contributed by atoms with Crippen LogP contribution in [0.3, 0.4) is 0 Å². The maximum Gasteiger partial charge on any atom is 0.323 e. The lowest BCUT2D eigenvalue weighted by atomic mass is 10.0. The molecule has 2 aromatic carbocycles. The number of rotatable bonds is 10. The number of benzene rings is 2. The van der Waals surface area contributed by atoms with Crippen LogP contribution >= 0.6 is 0 Å². The topological polar surface area (TPSA) is 84.9 Å². The van der Waals surface area contributed by atoms with Crippen molar-refractivity contribution in [2.75, 3.05) is 7.11 Å². The number of ether oxygens (including phenoxy) is 2. The van der Waals surface area contributed by atoms with Gasteiger partial charge >= 0.3 is 11.9 Å². The van der Waals surface area contributed by atoms with Gasteiger partial charge in [-0.3, -0.25) is 14.9 Å². The van der Waals surface area contributed by atoms with E-state index in [0.29, 0.717) is 6.42 Å². The molecule has 0 saturated carbocycles. The SMILES string of the molecule is COC(=O)C(Cc1cccc(O)c1)NC(CC(C)C)C(=O)OCc1ccccc1. The normalized spacial score (nSPS) is 13.0. The first-order chi connectivity index (χ1) is 13.9. The predicted octanol–water partition coefficient (Wildman–Crippen LogP) is 3.22. The molecular weight excluding hydrogens is 370 g/mol. The van der Waals surface area contributed by atoms with Crippen molar-refractivity contribution in [3.63, 3.8) is 0 Å². The minimum Gasteiger partial charge on any atom is -0.508 e. The summed E-state index contributed by atoms with van der Waals surface area (Å²) in [7, 11) is 1.31. The summed E-state index contributed by atoms with van der Waals surface area (Å²) in [5.74, 6) is -0.548. The highest BCUT2D eigenvalue weighted by Gasteiger charge is 2.29. The van der Waals surface area contributed by atoms with Crippen LogP contribution < -0.4 is 5.32 Å². The Morgan fingerprint density at radius 1 is 0.966 bits per heavy atom.